The minimum Gasteiger partial charge on any atom is -0.486 e. The maximum absolute atomic E-state index is 5.66. The molecule has 0 radical (unpaired) electrons. The molecule has 1 saturated heterocycles. The van der Waals surface area contributed by atoms with Crippen LogP contribution in [-0.4, -0.2) is 46.4 Å². The predicted molar refractivity (Wildman–Crippen MR) is 110 cm³/mol. The van der Waals surface area contributed by atoms with Crippen LogP contribution in [0, 0.1) is 0 Å². The number of H-pyrrole nitrogens is 1. The van der Waals surface area contributed by atoms with E-state index in [0.717, 1.165) is 35.0 Å². The molecule has 2 aliphatic heterocycles. The summed E-state index contributed by atoms with van der Waals surface area (Å²) in [7, 11) is 0. The van der Waals surface area contributed by atoms with Gasteiger partial charge in [0.05, 0.1) is 0 Å². The second-order valence-electron chi connectivity index (χ2n) is 7.05. The van der Waals surface area contributed by atoms with Crippen molar-refractivity contribution in [2.45, 2.75) is 19.4 Å². The Morgan fingerprint density at radius 3 is 2.61 bits per heavy atom. The second kappa shape index (κ2) is 8.20. The van der Waals surface area contributed by atoms with Crippen LogP contribution in [0.1, 0.15) is 18.4 Å². The van der Waals surface area contributed by atoms with Gasteiger partial charge in [-0.05, 0) is 55.8 Å². The van der Waals surface area contributed by atoms with E-state index in [4.69, 9.17) is 14.5 Å². The molecule has 1 fully saturated rings. The molecule has 7 heteroatoms. The third-order valence-electron chi connectivity index (χ3n) is 5.09. The van der Waals surface area contributed by atoms with Crippen LogP contribution in [0.15, 0.2) is 42.5 Å². The average Bonchev–Trinajstić information content (AvgIpc) is 3.40. The number of rotatable bonds is 4. The standard InChI is InChI=1S/C21H22N4O2.ClH/c1-2-9-25(8-1)14-15-4-3-5-16(12-15)20-22-21(24-23-20)17-6-7-18-19(13-17)27-11-10-26-18;/h3-7,12-13H,1-2,8-11,14H2,(H,22,23,24);1H. The van der Waals surface area contributed by atoms with Gasteiger partial charge in [-0.2, -0.15) is 5.10 Å². The number of aromatic nitrogens is 3. The molecular weight excluding hydrogens is 376 g/mol. The number of hydrogen-bond donors (Lipinski definition) is 1. The molecule has 2 aliphatic rings. The molecule has 1 aromatic heterocycles. The van der Waals surface area contributed by atoms with E-state index < -0.39 is 0 Å². The van der Waals surface area contributed by atoms with Crippen LogP contribution in [0.4, 0.5) is 0 Å². The lowest BCUT2D eigenvalue weighted by molar-refractivity contribution is 0.171. The molecule has 0 amide bonds. The molecule has 5 rings (SSSR count). The molecule has 0 spiro atoms. The van der Waals surface area contributed by atoms with Gasteiger partial charge in [0, 0.05) is 17.7 Å². The highest BCUT2D eigenvalue weighted by Crippen LogP contribution is 2.34. The summed E-state index contributed by atoms with van der Waals surface area (Å²) in [5.74, 6) is 2.97. The molecule has 146 valence electrons. The lowest BCUT2D eigenvalue weighted by Gasteiger charge is -2.18. The number of nitrogens with one attached hydrogen (secondary N) is 1. The first-order chi connectivity index (χ1) is 13.3. The highest BCUT2D eigenvalue weighted by Gasteiger charge is 2.16. The van der Waals surface area contributed by atoms with Crippen molar-refractivity contribution in [3.63, 3.8) is 0 Å². The summed E-state index contributed by atoms with van der Waals surface area (Å²) in [5, 5.41) is 7.48. The number of halogens is 1. The summed E-state index contributed by atoms with van der Waals surface area (Å²) in [5.41, 5.74) is 3.28. The summed E-state index contributed by atoms with van der Waals surface area (Å²) in [6.45, 7) is 4.54. The zero-order valence-electron chi connectivity index (χ0n) is 15.6. The van der Waals surface area contributed by atoms with Crippen LogP contribution >= 0.6 is 12.4 Å². The minimum absolute atomic E-state index is 0. The lowest BCUT2D eigenvalue weighted by atomic mass is 10.1. The first-order valence-corrected chi connectivity index (χ1v) is 9.49. The lowest BCUT2D eigenvalue weighted by Crippen LogP contribution is -2.18. The maximum Gasteiger partial charge on any atom is 0.181 e. The normalized spacial score (nSPS) is 16.0. The summed E-state index contributed by atoms with van der Waals surface area (Å²) in [4.78, 5) is 7.19. The average molecular weight is 399 g/mol. The Morgan fingerprint density at radius 1 is 0.929 bits per heavy atom. The first kappa shape index (κ1) is 18.8. The van der Waals surface area contributed by atoms with Gasteiger partial charge >= 0.3 is 0 Å². The van der Waals surface area contributed by atoms with Crippen molar-refractivity contribution in [2.75, 3.05) is 26.3 Å². The van der Waals surface area contributed by atoms with Crippen LogP contribution in [-0.2, 0) is 6.54 Å². The van der Waals surface area contributed by atoms with E-state index in [2.05, 4.69) is 39.4 Å². The van der Waals surface area contributed by atoms with Gasteiger partial charge < -0.3 is 9.47 Å². The van der Waals surface area contributed by atoms with E-state index in [9.17, 15) is 0 Å². The molecule has 28 heavy (non-hydrogen) atoms. The minimum atomic E-state index is 0. The number of fused-ring (bicyclic) bond motifs is 1. The monoisotopic (exact) mass is 398 g/mol. The highest BCUT2D eigenvalue weighted by molar-refractivity contribution is 5.85. The van der Waals surface area contributed by atoms with Gasteiger partial charge in [0.2, 0.25) is 0 Å². The van der Waals surface area contributed by atoms with Crippen LogP contribution in [0.3, 0.4) is 0 Å². The van der Waals surface area contributed by atoms with Crippen LogP contribution < -0.4 is 9.47 Å². The molecule has 6 nitrogen and oxygen atoms in total. The SMILES string of the molecule is Cl.c1cc(CN2CCCC2)cc(-c2n[nH]c(-c3ccc4c(c3)OCCO4)n2)c1. The molecule has 0 aliphatic carbocycles. The fraction of sp³-hybridized carbons (Fsp3) is 0.333. The quantitative estimate of drug-likeness (QED) is 0.721. The molecule has 2 aromatic carbocycles. The van der Waals surface area contributed by atoms with E-state index in [1.165, 1.54) is 31.5 Å². The second-order valence-corrected chi connectivity index (χ2v) is 7.05. The van der Waals surface area contributed by atoms with Crippen LogP contribution in [0.25, 0.3) is 22.8 Å². The van der Waals surface area contributed by atoms with E-state index in [1.807, 2.05) is 18.2 Å². The van der Waals surface area contributed by atoms with E-state index in [0.29, 0.717) is 19.0 Å². The Morgan fingerprint density at radius 2 is 1.75 bits per heavy atom. The maximum atomic E-state index is 5.66. The molecule has 3 aromatic rings. The number of aromatic amines is 1. The fourth-order valence-electron chi connectivity index (χ4n) is 3.72. The Labute approximate surface area is 170 Å². The van der Waals surface area contributed by atoms with Crippen LogP contribution in [0.5, 0.6) is 11.5 Å². The molecule has 3 heterocycles. The van der Waals surface area contributed by atoms with Gasteiger partial charge in [-0.1, -0.05) is 18.2 Å². The first-order valence-electron chi connectivity index (χ1n) is 9.49. The molecule has 1 N–H and O–H groups in total. The number of nitrogens with zero attached hydrogens (tertiary/aromatic N) is 3. The summed E-state index contributed by atoms with van der Waals surface area (Å²) < 4.78 is 11.2. The van der Waals surface area contributed by atoms with Crippen molar-refractivity contribution < 1.29 is 9.47 Å². The third kappa shape index (κ3) is 3.84. The van der Waals surface area contributed by atoms with Crippen molar-refractivity contribution in [1.82, 2.24) is 20.1 Å². The van der Waals surface area contributed by atoms with E-state index in [1.54, 1.807) is 0 Å². The van der Waals surface area contributed by atoms with Gasteiger partial charge in [0.1, 0.15) is 13.2 Å². The van der Waals surface area contributed by atoms with Gasteiger partial charge in [-0.25, -0.2) is 4.98 Å². The number of hydrogen-bond acceptors (Lipinski definition) is 5. The smallest absolute Gasteiger partial charge is 0.181 e. The van der Waals surface area contributed by atoms with Crippen LogP contribution in [0.2, 0.25) is 0 Å². The topological polar surface area (TPSA) is 63.3 Å². The van der Waals surface area contributed by atoms with Gasteiger partial charge in [-0.3, -0.25) is 10.00 Å². The van der Waals surface area contributed by atoms with Gasteiger partial charge in [0.25, 0.3) is 0 Å². The van der Waals surface area contributed by atoms with E-state index >= 15 is 0 Å². The number of ether oxygens (including phenoxy) is 2. The zero-order valence-corrected chi connectivity index (χ0v) is 16.4. The van der Waals surface area contributed by atoms with Crippen molar-refractivity contribution in [3.8, 4) is 34.3 Å². The molecular formula is C21H23ClN4O2. The van der Waals surface area contributed by atoms with Gasteiger partial charge in [0.15, 0.2) is 23.1 Å². The molecule has 0 saturated carbocycles. The Balaban J connectivity index is 0.00000192. The third-order valence-corrected chi connectivity index (χ3v) is 5.09. The molecule has 0 unspecified atom stereocenters. The van der Waals surface area contributed by atoms with Crippen molar-refractivity contribution in [3.05, 3.63) is 48.0 Å². The molecule has 0 bridgehead atoms. The Kier molecular flexibility index (Phi) is 5.50. The Bertz CT molecular complexity index is 953. The summed E-state index contributed by atoms with van der Waals surface area (Å²) in [6.07, 6.45) is 2.61. The fourth-order valence-corrected chi connectivity index (χ4v) is 3.72. The molecule has 0 atom stereocenters. The van der Waals surface area contributed by atoms with Gasteiger partial charge in [-0.15, -0.1) is 12.4 Å². The summed E-state index contributed by atoms with van der Waals surface area (Å²) >= 11 is 0. The summed E-state index contributed by atoms with van der Waals surface area (Å²) in [6, 6.07) is 14.4. The number of benzene rings is 2. The number of likely N-dealkylation sites (tertiary alicyclic amines) is 1. The predicted octanol–water partition coefficient (Wildman–Crippen LogP) is 3.93. The Hall–Kier alpha value is -2.57. The largest absolute Gasteiger partial charge is 0.486 e. The van der Waals surface area contributed by atoms with Crippen molar-refractivity contribution in [1.29, 1.82) is 0 Å². The zero-order chi connectivity index (χ0) is 18.1. The van der Waals surface area contributed by atoms with E-state index in [-0.39, 0.29) is 12.4 Å². The van der Waals surface area contributed by atoms with Crippen molar-refractivity contribution >= 4 is 12.4 Å². The van der Waals surface area contributed by atoms with Crippen molar-refractivity contribution in [2.24, 2.45) is 0 Å². The highest BCUT2D eigenvalue weighted by atomic mass is 35.5.